The molecule has 0 amide bonds. The first-order chi connectivity index (χ1) is 4.33. The van der Waals surface area contributed by atoms with Crippen molar-refractivity contribution >= 4 is 5.97 Å². The second-order valence-corrected chi connectivity index (χ2v) is 2.19. The van der Waals surface area contributed by atoms with Gasteiger partial charge in [0.1, 0.15) is 0 Å². The topological polar surface area (TPSA) is 26.3 Å². The monoisotopic (exact) mass is 126 g/mol. The van der Waals surface area contributed by atoms with E-state index in [0.29, 0.717) is 6.42 Å². The summed E-state index contributed by atoms with van der Waals surface area (Å²) in [5, 5.41) is 0. The van der Waals surface area contributed by atoms with Crippen LogP contribution in [0.25, 0.3) is 0 Å². The van der Waals surface area contributed by atoms with E-state index in [0.717, 1.165) is 18.4 Å². The summed E-state index contributed by atoms with van der Waals surface area (Å²) in [5.41, 5.74) is 1.13. The van der Waals surface area contributed by atoms with E-state index < -0.39 is 0 Å². The molecule has 0 aromatic heterocycles. The Kier molecular flexibility index (Phi) is 1.88. The lowest BCUT2D eigenvalue weighted by atomic mass is 10.1. The van der Waals surface area contributed by atoms with Crippen molar-refractivity contribution in [1.82, 2.24) is 0 Å². The van der Waals surface area contributed by atoms with Crippen LogP contribution < -0.4 is 0 Å². The van der Waals surface area contributed by atoms with Crippen LogP contribution in [0.4, 0.5) is 0 Å². The van der Waals surface area contributed by atoms with Crippen molar-refractivity contribution in [3.05, 3.63) is 11.8 Å². The Morgan fingerprint density at radius 3 is 3.00 bits per heavy atom. The van der Waals surface area contributed by atoms with E-state index in [1.807, 2.05) is 0 Å². The number of rotatable bonds is 2. The van der Waals surface area contributed by atoms with Gasteiger partial charge in [-0.05, 0) is 12.0 Å². The summed E-state index contributed by atoms with van der Waals surface area (Å²) in [7, 11) is 0. The van der Waals surface area contributed by atoms with E-state index in [-0.39, 0.29) is 5.97 Å². The fourth-order valence-corrected chi connectivity index (χ4v) is 0.886. The highest BCUT2D eigenvalue weighted by Gasteiger charge is 2.12. The largest absolute Gasteiger partial charge is 0.434 e. The summed E-state index contributed by atoms with van der Waals surface area (Å²) in [5.74, 6) is -0.113. The molecule has 0 spiro atoms. The van der Waals surface area contributed by atoms with Crippen LogP contribution in [0.5, 0.6) is 0 Å². The van der Waals surface area contributed by atoms with Gasteiger partial charge >= 0.3 is 5.97 Å². The molecule has 1 aliphatic heterocycles. The third-order valence-electron chi connectivity index (χ3n) is 1.30. The predicted octanol–water partition coefficient (Wildman–Crippen LogP) is 1.62. The molecule has 0 unspecified atom stereocenters. The Morgan fingerprint density at radius 2 is 2.56 bits per heavy atom. The van der Waals surface area contributed by atoms with E-state index in [2.05, 4.69) is 11.7 Å². The first kappa shape index (κ1) is 6.33. The van der Waals surface area contributed by atoms with Gasteiger partial charge in [0.15, 0.2) is 0 Å². The van der Waals surface area contributed by atoms with Gasteiger partial charge < -0.3 is 4.74 Å². The van der Waals surface area contributed by atoms with E-state index in [1.54, 1.807) is 6.26 Å². The van der Waals surface area contributed by atoms with Gasteiger partial charge in [-0.25, -0.2) is 0 Å². The molecule has 2 heteroatoms. The van der Waals surface area contributed by atoms with Gasteiger partial charge in [0.2, 0.25) is 0 Å². The van der Waals surface area contributed by atoms with Gasteiger partial charge in [-0.1, -0.05) is 13.3 Å². The third-order valence-corrected chi connectivity index (χ3v) is 1.30. The lowest BCUT2D eigenvalue weighted by Gasteiger charge is -1.89. The number of carbonyl (C=O) groups excluding carboxylic acids is 1. The van der Waals surface area contributed by atoms with Crippen LogP contribution in [0.1, 0.15) is 26.2 Å². The van der Waals surface area contributed by atoms with Gasteiger partial charge in [-0.15, -0.1) is 0 Å². The molecular formula is C7H10O2. The van der Waals surface area contributed by atoms with Crippen molar-refractivity contribution in [2.75, 3.05) is 0 Å². The van der Waals surface area contributed by atoms with Crippen LogP contribution in [-0.4, -0.2) is 5.97 Å². The molecule has 50 valence electrons. The van der Waals surface area contributed by atoms with Crippen LogP contribution >= 0.6 is 0 Å². The zero-order chi connectivity index (χ0) is 6.69. The Labute approximate surface area is 54.5 Å². The molecule has 9 heavy (non-hydrogen) atoms. The first-order valence-corrected chi connectivity index (χ1v) is 3.20. The maximum Gasteiger partial charge on any atom is 0.314 e. The molecule has 0 radical (unpaired) electrons. The van der Waals surface area contributed by atoms with E-state index in [9.17, 15) is 4.79 Å². The average molecular weight is 126 g/mol. The molecule has 0 N–H and O–H groups in total. The molecule has 0 aromatic rings. The van der Waals surface area contributed by atoms with Crippen molar-refractivity contribution in [3.63, 3.8) is 0 Å². The Balaban J connectivity index is 2.36. The van der Waals surface area contributed by atoms with Gasteiger partial charge in [-0.2, -0.15) is 0 Å². The van der Waals surface area contributed by atoms with E-state index in [4.69, 9.17) is 0 Å². The number of hydrogen-bond acceptors (Lipinski definition) is 2. The zero-order valence-corrected chi connectivity index (χ0v) is 5.52. The third kappa shape index (κ3) is 1.56. The molecule has 0 saturated carbocycles. The fourth-order valence-electron chi connectivity index (χ4n) is 0.886. The molecule has 0 bridgehead atoms. The number of cyclic esters (lactones) is 1. The summed E-state index contributed by atoms with van der Waals surface area (Å²) in [4.78, 5) is 10.5. The smallest absolute Gasteiger partial charge is 0.314 e. The van der Waals surface area contributed by atoms with Gasteiger partial charge in [0.25, 0.3) is 0 Å². The predicted molar refractivity (Wildman–Crippen MR) is 33.7 cm³/mol. The SMILES string of the molecule is CCCC1=COC(=O)C1. The second kappa shape index (κ2) is 2.67. The maximum absolute atomic E-state index is 10.5. The maximum atomic E-state index is 10.5. The molecular weight excluding hydrogens is 116 g/mol. The minimum atomic E-state index is -0.113. The molecule has 0 saturated heterocycles. The lowest BCUT2D eigenvalue weighted by Crippen LogP contribution is -1.90. The zero-order valence-electron chi connectivity index (χ0n) is 5.52. The molecule has 0 atom stereocenters. The van der Waals surface area contributed by atoms with Crippen LogP contribution in [0.3, 0.4) is 0 Å². The molecule has 0 aliphatic carbocycles. The highest BCUT2D eigenvalue weighted by molar-refractivity contribution is 5.75. The fraction of sp³-hybridized carbons (Fsp3) is 0.571. The average Bonchev–Trinajstić information content (AvgIpc) is 2.17. The normalized spacial score (nSPS) is 17.4. The van der Waals surface area contributed by atoms with Crippen molar-refractivity contribution in [2.24, 2.45) is 0 Å². The molecule has 1 rings (SSSR count). The van der Waals surface area contributed by atoms with Crippen molar-refractivity contribution < 1.29 is 9.53 Å². The summed E-state index contributed by atoms with van der Waals surface area (Å²) in [6, 6.07) is 0. The Bertz CT molecular complexity index is 147. The summed E-state index contributed by atoms with van der Waals surface area (Å²) in [6.45, 7) is 2.09. The first-order valence-electron chi connectivity index (χ1n) is 3.20. The Hall–Kier alpha value is -0.790. The number of hydrogen-bond donors (Lipinski definition) is 0. The van der Waals surface area contributed by atoms with Crippen LogP contribution in [-0.2, 0) is 9.53 Å². The summed E-state index contributed by atoms with van der Waals surface area (Å²) < 4.78 is 4.62. The summed E-state index contributed by atoms with van der Waals surface area (Å²) >= 11 is 0. The van der Waals surface area contributed by atoms with Gasteiger partial charge in [0, 0.05) is 0 Å². The van der Waals surface area contributed by atoms with E-state index >= 15 is 0 Å². The van der Waals surface area contributed by atoms with Crippen molar-refractivity contribution in [3.8, 4) is 0 Å². The standard InChI is InChI=1S/C7H10O2/c1-2-3-6-4-7(8)9-5-6/h5H,2-4H2,1H3. The van der Waals surface area contributed by atoms with Gasteiger partial charge in [-0.3, -0.25) is 4.79 Å². The van der Waals surface area contributed by atoms with Crippen LogP contribution in [0.2, 0.25) is 0 Å². The molecule has 1 aliphatic rings. The van der Waals surface area contributed by atoms with Crippen LogP contribution in [0, 0.1) is 0 Å². The molecule has 1 heterocycles. The minimum Gasteiger partial charge on any atom is -0.434 e. The number of ether oxygens (including phenoxy) is 1. The number of esters is 1. The summed E-state index contributed by atoms with van der Waals surface area (Å²) in [6.07, 6.45) is 4.16. The number of carbonyl (C=O) groups is 1. The highest BCUT2D eigenvalue weighted by atomic mass is 16.5. The minimum absolute atomic E-state index is 0.113. The van der Waals surface area contributed by atoms with E-state index in [1.165, 1.54) is 0 Å². The molecule has 2 nitrogen and oxygen atoms in total. The Morgan fingerprint density at radius 1 is 1.78 bits per heavy atom. The van der Waals surface area contributed by atoms with Crippen LogP contribution in [0.15, 0.2) is 11.8 Å². The highest BCUT2D eigenvalue weighted by Crippen LogP contribution is 2.16. The quantitative estimate of drug-likeness (QED) is 0.525. The van der Waals surface area contributed by atoms with Gasteiger partial charge in [0.05, 0.1) is 12.7 Å². The molecule has 0 aromatic carbocycles. The lowest BCUT2D eigenvalue weighted by molar-refractivity contribution is -0.135. The second-order valence-electron chi connectivity index (χ2n) is 2.19. The van der Waals surface area contributed by atoms with Crippen molar-refractivity contribution in [1.29, 1.82) is 0 Å². The molecule has 0 fully saturated rings. The van der Waals surface area contributed by atoms with Crippen molar-refractivity contribution in [2.45, 2.75) is 26.2 Å².